The summed E-state index contributed by atoms with van der Waals surface area (Å²) >= 11 is 0. The Morgan fingerprint density at radius 3 is 3.06 bits per heavy atom. The topological polar surface area (TPSA) is 94.1 Å². The number of rotatable bonds is 5. The fraction of sp³-hybridized carbons (Fsp3) is 0.375. The minimum Gasteiger partial charge on any atom is -0.474 e. The zero-order valence-electron chi connectivity index (χ0n) is 18.4. The zero-order valence-corrected chi connectivity index (χ0v) is 18.4. The number of nitrogens with zero attached hydrogens (tertiary/aromatic N) is 4. The summed E-state index contributed by atoms with van der Waals surface area (Å²) in [6, 6.07) is 11.9. The molecular weight excluding hydrogens is 422 g/mol. The maximum Gasteiger partial charge on any atom is 0.231 e. The highest BCUT2D eigenvalue weighted by atomic mass is 16.5. The first-order valence-corrected chi connectivity index (χ1v) is 11.3. The van der Waals surface area contributed by atoms with E-state index in [0.29, 0.717) is 36.9 Å². The van der Waals surface area contributed by atoms with Crippen LogP contribution in [0.5, 0.6) is 5.88 Å². The van der Waals surface area contributed by atoms with Crippen molar-refractivity contribution in [3.05, 3.63) is 42.6 Å². The van der Waals surface area contributed by atoms with Crippen LogP contribution in [-0.2, 0) is 9.53 Å². The van der Waals surface area contributed by atoms with Gasteiger partial charge in [0, 0.05) is 36.7 Å². The molecule has 4 aromatic rings. The van der Waals surface area contributed by atoms with Crippen LogP contribution in [-0.4, -0.2) is 59.0 Å². The summed E-state index contributed by atoms with van der Waals surface area (Å²) in [7, 11) is 0. The lowest BCUT2D eigenvalue weighted by Crippen LogP contribution is -2.41. The van der Waals surface area contributed by atoms with Crippen molar-refractivity contribution >= 4 is 28.2 Å². The van der Waals surface area contributed by atoms with Crippen LogP contribution in [0, 0.1) is 0 Å². The SMILES string of the molecule is C[C@H]1CN(c2cccc3oc(-c4cnc5ccc(OC[C@H]6CCC(=O)N6)nn45)cc23)CCO1. The average Bonchev–Trinajstić information content (AvgIpc) is 3.54. The monoisotopic (exact) mass is 447 g/mol. The molecule has 0 unspecified atom stereocenters. The van der Waals surface area contributed by atoms with E-state index in [1.165, 1.54) is 0 Å². The molecule has 33 heavy (non-hydrogen) atoms. The molecule has 0 bridgehead atoms. The normalized spacial score (nSPS) is 21.1. The summed E-state index contributed by atoms with van der Waals surface area (Å²) in [4.78, 5) is 18.2. The largest absolute Gasteiger partial charge is 0.474 e. The fourth-order valence-electron chi connectivity index (χ4n) is 4.57. The molecule has 1 aromatic carbocycles. The van der Waals surface area contributed by atoms with Gasteiger partial charge in [0.2, 0.25) is 11.8 Å². The lowest BCUT2D eigenvalue weighted by Gasteiger charge is -2.33. The van der Waals surface area contributed by atoms with Gasteiger partial charge >= 0.3 is 0 Å². The minimum absolute atomic E-state index is 0.0222. The number of aromatic nitrogens is 3. The van der Waals surface area contributed by atoms with Crippen LogP contribution >= 0.6 is 0 Å². The number of hydrogen-bond acceptors (Lipinski definition) is 7. The van der Waals surface area contributed by atoms with Gasteiger partial charge in [-0.05, 0) is 37.6 Å². The van der Waals surface area contributed by atoms with E-state index in [1.807, 2.05) is 18.2 Å². The van der Waals surface area contributed by atoms with E-state index in [1.54, 1.807) is 16.8 Å². The van der Waals surface area contributed by atoms with Crippen LogP contribution in [0.3, 0.4) is 0 Å². The van der Waals surface area contributed by atoms with E-state index < -0.39 is 0 Å². The first-order valence-electron chi connectivity index (χ1n) is 11.3. The quantitative estimate of drug-likeness (QED) is 0.503. The lowest BCUT2D eigenvalue weighted by molar-refractivity contribution is -0.119. The minimum atomic E-state index is 0.0222. The molecule has 0 spiro atoms. The molecule has 9 heteroatoms. The predicted molar refractivity (Wildman–Crippen MR) is 122 cm³/mol. The molecular formula is C24H25N5O4. The molecule has 1 N–H and O–H groups in total. The summed E-state index contributed by atoms with van der Waals surface area (Å²) < 4.78 is 19.5. The number of fused-ring (bicyclic) bond motifs is 2. The Balaban J connectivity index is 1.31. The molecule has 6 rings (SSSR count). The van der Waals surface area contributed by atoms with Crippen LogP contribution < -0.4 is 15.0 Å². The first kappa shape index (κ1) is 20.0. The number of anilines is 1. The number of furan rings is 1. The Kier molecular flexibility index (Phi) is 4.91. The smallest absolute Gasteiger partial charge is 0.231 e. The Bertz CT molecular complexity index is 1330. The van der Waals surface area contributed by atoms with Crippen LogP contribution in [0.2, 0.25) is 0 Å². The van der Waals surface area contributed by atoms with Gasteiger partial charge < -0.3 is 24.1 Å². The Morgan fingerprint density at radius 1 is 1.27 bits per heavy atom. The van der Waals surface area contributed by atoms with Crippen LogP contribution in [0.25, 0.3) is 28.1 Å². The van der Waals surface area contributed by atoms with Gasteiger partial charge in [-0.3, -0.25) is 4.79 Å². The number of hydrogen-bond donors (Lipinski definition) is 1. The highest BCUT2D eigenvalue weighted by Gasteiger charge is 2.23. The number of nitrogens with one attached hydrogen (secondary N) is 1. The standard InChI is InChI=1S/C24H25N5O4/c1-15-13-28(9-10-31-15)18-3-2-4-20-17(18)11-21(33-20)19-12-25-22-6-8-24(27-29(19)22)32-14-16-5-7-23(30)26-16/h2-4,6,8,11-12,15-16H,5,7,9-10,13-14H2,1H3,(H,26,30)/t15-,16+/m0/s1. The molecule has 2 fully saturated rings. The second-order valence-corrected chi connectivity index (χ2v) is 8.63. The van der Waals surface area contributed by atoms with E-state index in [2.05, 4.69) is 39.4 Å². The second-order valence-electron chi connectivity index (χ2n) is 8.63. The van der Waals surface area contributed by atoms with Crippen molar-refractivity contribution in [2.75, 3.05) is 31.2 Å². The van der Waals surface area contributed by atoms with E-state index in [4.69, 9.17) is 13.9 Å². The van der Waals surface area contributed by atoms with Gasteiger partial charge in [0.15, 0.2) is 11.4 Å². The highest BCUT2D eigenvalue weighted by Crippen LogP contribution is 2.35. The molecule has 0 radical (unpaired) electrons. The molecule has 2 aliphatic rings. The van der Waals surface area contributed by atoms with E-state index >= 15 is 0 Å². The molecule has 2 saturated heterocycles. The van der Waals surface area contributed by atoms with Gasteiger partial charge in [-0.25, -0.2) is 9.50 Å². The van der Waals surface area contributed by atoms with Gasteiger partial charge in [0.1, 0.15) is 17.9 Å². The Morgan fingerprint density at radius 2 is 2.21 bits per heavy atom. The second kappa shape index (κ2) is 8.08. The average molecular weight is 447 g/mol. The highest BCUT2D eigenvalue weighted by molar-refractivity contribution is 5.94. The van der Waals surface area contributed by atoms with Gasteiger partial charge in [0.05, 0.1) is 24.9 Å². The number of imidazole rings is 1. The molecule has 9 nitrogen and oxygen atoms in total. The van der Waals surface area contributed by atoms with Gasteiger partial charge in [-0.15, -0.1) is 5.10 Å². The van der Waals surface area contributed by atoms with Crippen molar-refractivity contribution in [1.82, 2.24) is 19.9 Å². The third-order valence-electron chi connectivity index (χ3n) is 6.23. The third kappa shape index (κ3) is 3.78. The zero-order chi connectivity index (χ0) is 22.4. The maximum absolute atomic E-state index is 11.4. The number of carbonyl (C=O) groups is 1. The molecule has 1 amide bonds. The predicted octanol–water partition coefficient (Wildman–Crippen LogP) is 3.03. The summed E-state index contributed by atoms with van der Waals surface area (Å²) in [5.74, 6) is 1.24. The molecule has 0 aliphatic carbocycles. The van der Waals surface area contributed by atoms with Gasteiger partial charge in [0.25, 0.3) is 0 Å². The summed E-state index contributed by atoms with van der Waals surface area (Å²) in [6.07, 6.45) is 3.28. The van der Waals surface area contributed by atoms with E-state index in [9.17, 15) is 4.79 Å². The van der Waals surface area contributed by atoms with Crippen molar-refractivity contribution < 1.29 is 18.7 Å². The fourth-order valence-corrected chi connectivity index (χ4v) is 4.57. The first-order chi connectivity index (χ1) is 16.1. The van der Waals surface area contributed by atoms with Gasteiger partial charge in [-0.1, -0.05) is 6.07 Å². The van der Waals surface area contributed by atoms with E-state index in [0.717, 1.165) is 41.9 Å². The van der Waals surface area contributed by atoms with Crippen LogP contribution in [0.15, 0.2) is 47.0 Å². The summed E-state index contributed by atoms with van der Waals surface area (Å²) in [6.45, 7) is 4.90. The number of ether oxygens (including phenoxy) is 2. The molecule has 2 atom stereocenters. The Hall–Kier alpha value is -3.59. The molecule has 2 aliphatic heterocycles. The molecule has 3 aromatic heterocycles. The summed E-state index contributed by atoms with van der Waals surface area (Å²) in [5.41, 5.74) is 3.42. The molecule has 5 heterocycles. The number of morpholine rings is 1. The van der Waals surface area contributed by atoms with Crippen molar-refractivity contribution in [2.45, 2.75) is 31.9 Å². The lowest BCUT2D eigenvalue weighted by atomic mass is 10.1. The summed E-state index contributed by atoms with van der Waals surface area (Å²) in [5, 5.41) is 8.58. The number of benzene rings is 1. The number of carbonyl (C=O) groups excluding carboxylic acids is 1. The van der Waals surface area contributed by atoms with Crippen molar-refractivity contribution in [2.24, 2.45) is 0 Å². The van der Waals surface area contributed by atoms with Crippen LogP contribution in [0.1, 0.15) is 19.8 Å². The van der Waals surface area contributed by atoms with E-state index in [-0.39, 0.29) is 18.1 Å². The van der Waals surface area contributed by atoms with Crippen molar-refractivity contribution in [3.8, 4) is 17.3 Å². The van der Waals surface area contributed by atoms with Gasteiger partial charge in [-0.2, -0.15) is 0 Å². The molecule has 0 saturated carbocycles. The third-order valence-corrected chi connectivity index (χ3v) is 6.23. The maximum atomic E-state index is 11.4. The Labute approximate surface area is 190 Å². The molecule has 170 valence electrons. The number of amides is 1. The van der Waals surface area contributed by atoms with Crippen LogP contribution in [0.4, 0.5) is 5.69 Å². The van der Waals surface area contributed by atoms with Crippen molar-refractivity contribution in [3.63, 3.8) is 0 Å². The van der Waals surface area contributed by atoms with Crippen molar-refractivity contribution in [1.29, 1.82) is 0 Å².